The van der Waals surface area contributed by atoms with Crippen LogP contribution in [-0.4, -0.2) is 42.0 Å². The second-order valence-electron chi connectivity index (χ2n) is 4.72. The molecule has 1 N–H and O–H groups in total. The predicted octanol–water partition coefficient (Wildman–Crippen LogP) is 2.26. The van der Waals surface area contributed by atoms with Crippen LogP contribution in [0.4, 0.5) is 0 Å². The molecule has 1 heterocycles. The Kier molecular flexibility index (Phi) is 5.77. The highest BCUT2D eigenvalue weighted by Gasteiger charge is 2.22. The molecule has 1 aromatic carbocycles. The molecule has 22 heavy (non-hydrogen) atoms. The highest BCUT2D eigenvalue weighted by molar-refractivity contribution is 7.98. The van der Waals surface area contributed by atoms with Crippen LogP contribution in [0.5, 0.6) is 0 Å². The highest BCUT2D eigenvalue weighted by atomic mass is 32.2. The van der Waals surface area contributed by atoms with E-state index in [9.17, 15) is 9.59 Å². The Labute approximate surface area is 133 Å². The summed E-state index contributed by atoms with van der Waals surface area (Å²) in [6, 6.07) is 10.4. The first-order valence-electron chi connectivity index (χ1n) is 6.89. The number of amides is 1. The number of aromatic nitrogens is 1. The lowest BCUT2D eigenvalue weighted by molar-refractivity contribution is -0.142. The standard InChI is InChI=1S/C16H18N2O3S/c1-21-16(20)14(9-10-22-2)18-15(19)13-8-7-11-5-3-4-6-12(11)17-13/h3-8,14H,9-10H2,1-2H3,(H,18,19)/t14-/m0/s1. The van der Waals surface area contributed by atoms with Crippen LogP contribution in [0.1, 0.15) is 16.9 Å². The average Bonchev–Trinajstić information content (AvgIpc) is 2.57. The SMILES string of the molecule is COC(=O)[C@H](CCSC)NC(=O)c1ccc2ccccc2n1. The van der Waals surface area contributed by atoms with Crippen molar-refractivity contribution >= 4 is 34.5 Å². The molecule has 1 atom stereocenters. The van der Waals surface area contributed by atoms with Gasteiger partial charge in [-0.25, -0.2) is 9.78 Å². The van der Waals surface area contributed by atoms with Gasteiger partial charge in [0.1, 0.15) is 11.7 Å². The molecule has 0 bridgehead atoms. The maximum atomic E-state index is 12.3. The Morgan fingerprint density at radius 1 is 1.27 bits per heavy atom. The fraction of sp³-hybridized carbons (Fsp3) is 0.312. The quantitative estimate of drug-likeness (QED) is 0.828. The van der Waals surface area contributed by atoms with Crippen molar-refractivity contribution in [2.45, 2.75) is 12.5 Å². The molecule has 0 spiro atoms. The minimum absolute atomic E-state index is 0.289. The van der Waals surface area contributed by atoms with Gasteiger partial charge in [-0.1, -0.05) is 24.3 Å². The summed E-state index contributed by atoms with van der Waals surface area (Å²) in [5, 5.41) is 3.66. The summed E-state index contributed by atoms with van der Waals surface area (Å²) in [6.07, 6.45) is 2.47. The van der Waals surface area contributed by atoms with Gasteiger partial charge in [0.2, 0.25) is 0 Å². The molecule has 2 rings (SSSR count). The zero-order chi connectivity index (χ0) is 15.9. The summed E-state index contributed by atoms with van der Waals surface area (Å²) in [5.41, 5.74) is 1.03. The number of nitrogens with one attached hydrogen (secondary N) is 1. The van der Waals surface area contributed by atoms with E-state index in [1.54, 1.807) is 17.8 Å². The van der Waals surface area contributed by atoms with Crippen molar-refractivity contribution in [1.82, 2.24) is 10.3 Å². The summed E-state index contributed by atoms with van der Waals surface area (Å²) in [6.45, 7) is 0. The number of pyridine rings is 1. The van der Waals surface area contributed by atoms with Gasteiger partial charge in [0.25, 0.3) is 5.91 Å². The Morgan fingerprint density at radius 2 is 2.05 bits per heavy atom. The summed E-state index contributed by atoms with van der Waals surface area (Å²) < 4.78 is 4.73. The predicted molar refractivity (Wildman–Crippen MR) is 88.0 cm³/mol. The summed E-state index contributed by atoms with van der Waals surface area (Å²) in [7, 11) is 1.31. The number of nitrogens with zero attached hydrogens (tertiary/aromatic N) is 1. The maximum absolute atomic E-state index is 12.3. The Hall–Kier alpha value is -2.08. The van der Waals surface area contributed by atoms with Gasteiger partial charge < -0.3 is 10.1 Å². The molecule has 0 aliphatic carbocycles. The first kappa shape index (κ1) is 16.3. The van der Waals surface area contributed by atoms with Crippen LogP contribution in [-0.2, 0) is 9.53 Å². The number of carbonyl (C=O) groups excluding carboxylic acids is 2. The molecule has 6 heteroatoms. The van der Waals surface area contributed by atoms with E-state index >= 15 is 0 Å². The van der Waals surface area contributed by atoms with Crippen LogP contribution in [0.2, 0.25) is 0 Å². The summed E-state index contributed by atoms with van der Waals surface area (Å²) in [4.78, 5) is 28.3. The van der Waals surface area contributed by atoms with Gasteiger partial charge in [-0.3, -0.25) is 4.79 Å². The second-order valence-corrected chi connectivity index (χ2v) is 5.71. The first-order valence-corrected chi connectivity index (χ1v) is 8.28. The molecular weight excluding hydrogens is 300 g/mol. The molecular formula is C16H18N2O3S. The molecule has 0 fully saturated rings. The van der Waals surface area contributed by atoms with Crippen LogP contribution in [0.15, 0.2) is 36.4 Å². The van der Waals surface area contributed by atoms with Gasteiger partial charge in [-0.2, -0.15) is 11.8 Å². The van der Waals surface area contributed by atoms with Crippen LogP contribution in [0, 0.1) is 0 Å². The van der Waals surface area contributed by atoms with E-state index in [1.807, 2.05) is 36.6 Å². The zero-order valence-electron chi connectivity index (χ0n) is 12.5. The molecule has 1 amide bonds. The van der Waals surface area contributed by atoms with Gasteiger partial charge in [-0.05, 0) is 30.6 Å². The first-order chi connectivity index (χ1) is 10.7. The minimum atomic E-state index is -0.654. The highest BCUT2D eigenvalue weighted by Crippen LogP contribution is 2.12. The lowest BCUT2D eigenvalue weighted by atomic mass is 10.2. The molecule has 116 valence electrons. The Bertz CT molecular complexity index is 675. The van der Waals surface area contributed by atoms with Crippen molar-refractivity contribution < 1.29 is 14.3 Å². The number of fused-ring (bicyclic) bond motifs is 1. The van der Waals surface area contributed by atoms with Crippen LogP contribution in [0.3, 0.4) is 0 Å². The lowest BCUT2D eigenvalue weighted by Gasteiger charge is -2.15. The third-order valence-corrected chi connectivity index (χ3v) is 3.88. The largest absolute Gasteiger partial charge is 0.467 e. The van der Waals surface area contributed by atoms with Crippen molar-refractivity contribution in [3.63, 3.8) is 0 Å². The topological polar surface area (TPSA) is 68.3 Å². The molecule has 0 aliphatic rings. The third kappa shape index (κ3) is 3.98. The van der Waals surface area contributed by atoms with E-state index in [-0.39, 0.29) is 11.6 Å². The van der Waals surface area contributed by atoms with Gasteiger partial charge in [0, 0.05) is 5.39 Å². The number of thioether (sulfide) groups is 1. The van der Waals surface area contributed by atoms with E-state index in [1.165, 1.54) is 7.11 Å². The van der Waals surface area contributed by atoms with Crippen molar-refractivity contribution in [1.29, 1.82) is 0 Å². The van der Waals surface area contributed by atoms with Crippen molar-refractivity contribution in [3.8, 4) is 0 Å². The molecule has 1 aromatic heterocycles. The number of esters is 1. The molecule has 5 nitrogen and oxygen atoms in total. The number of rotatable bonds is 6. The van der Waals surface area contributed by atoms with Crippen LogP contribution in [0.25, 0.3) is 10.9 Å². The summed E-state index contributed by atoms with van der Waals surface area (Å²) in [5.74, 6) is -0.0592. The van der Waals surface area contributed by atoms with E-state index in [2.05, 4.69) is 10.3 Å². The van der Waals surface area contributed by atoms with Crippen molar-refractivity contribution in [2.75, 3.05) is 19.1 Å². The normalized spacial score (nSPS) is 11.9. The number of hydrogen-bond acceptors (Lipinski definition) is 5. The molecule has 0 saturated heterocycles. The number of carbonyl (C=O) groups is 2. The van der Waals surface area contributed by atoms with Crippen LogP contribution >= 0.6 is 11.8 Å². The fourth-order valence-electron chi connectivity index (χ4n) is 2.05. The molecule has 0 radical (unpaired) electrons. The molecule has 0 unspecified atom stereocenters. The van der Waals surface area contributed by atoms with E-state index in [4.69, 9.17) is 4.74 Å². The Morgan fingerprint density at radius 3 is 2.77 bits per heavy atom. The van der Waals surface area contributed by atoms with Crippen LogP contribution < -0.4 is 5.32 Å². The van der Waals surface area contributed by atoms with Gasteiger partial charge in [0.05, 0.1) is 12.6 Å². The van der Waals surface area contributed by atoms with E-state index in [0.29, 0.717) is 6.42 Å². The van der Waals surface area contributed by atoms with Gasteiger partial charge in [-0.15, -0.1) is 0 Å². The number of hydrogen-bond donors (Lipinski definition) is 1. The fourth-order valence-corrected chi connectivity index (χ4v) is 2.52. The molecule has 0 saturated carbocycles. The summed E-state index contributed by atoms with van der Waals surface area (Å²) >= 11 is 1.61. The Balaban J connectivity index is 2.15. The monoisotopic (exact) mass is 318 g/mol. The number of ether oxygens (including phenoxy) is 1. The minimum Gasteiger partial charge on any atom is -0.467 e. The second kappa shape index (κ2) is 7.79. The van der Waals surface area contributed by atoms with E-state index < -0.39 is 12.0 Å². The lowest BCUT2D eigenvalue weighted by Crippen LogP contribution is -2.42. The molecule has 0 aliphatic heterocycles. The molecule has 2 aromatic rings. The maximum Gasteiger partial charge on any atom is 0.328 e. The average molecular weight is 318 g/mol. The van der Waals surface area contributed by atoms with Crippen molar-refractivity contribution in [2.24, 2.45) is 0 Å². The van der Waals surface area contributed by atoms with Crippen molar-refractivity contribution in [3.05, 3.63) is 42.1 Å². The number of methoxy groups -OCH3 is 1. The number of para-hydroxylation sites is 1. The third-order valence-electron chi connectivity index (χ3n) is 3.23. The van der Waals surface area contributed by atoms with Gasteiger partial charge >= 0.3 is 5.97 Å². The zero-order valence-corrected chi connectivity index (χ0v) is 13.4. The van der Waals surface area contributed by atoms with E-state index in [0.717, 1.165) is 16.7 Å². The smallest absolute Gasteiger partial charge is 0.328 e. The number of benzene rings is 1. The van der Waals surface area contributed by atoms with Gasteiger partial charge in [0.15, 0.2) is 0 Å².